The zero-order chi connectivity index (χ0) is 12.3. The number of hydrogen-bond acceptors (Lipinski definition) is 2. The molecule has 0 saturated carbocycles. The van der Waals surface area contributed by atoms with E-state index in [1.54, 1.807) is 0 Å². The monoisotopic (exact) mass is 234 g/mol. The van der Waals surface area contributed by atoms with E-state index in [4.69, 9.17) is 5.11 Å². The maximum atomic E-state index is 10.4. The SMILES string of the molecule is O=C(O)CCCC(O)c1ccc2c(c1)CCC2. The molecule has 92 valence electrons. The molecule has 0 spiro atoms. The van der Waals surface area contributed by atoms with Gasteiger partial charge in [0.25, 0.3) is 0 Å². The number of carbonyl (C=O) groups is 1. The number of aliphatic carboxylic acids is 1. The molecule has 0 fully saturated rings. The fraction of sp³-hybridized carbons (Fsp3) is 0.500. The van der Waals surface area contributed by atoms with Gasteiger partial charge in [0.1, 0.15) is 0 Å². The maximum absolute atomic E-state index is 10.4. The first-order chi connectivity index (χ1) is 8.16. The third-order valence-electron chi connectivity index (χ3n) is 3.38. The second kappa shape index (κ2) is 5.32. The predicted octanol–water partition coefficient (Wildman–Crippen LogP) is 2.46. The zero-order valence-corrected chi connectivity index (χ0v) is 9.85. The van der Waals surface area contributed by atoms with E-state index in [1.807, 2.05) is 6.07 Å². The quantitative estimate of drug-likeness (QED) is 0.822. The molecular formula is C14H18O3. The number of aliphatic hydroxyl groups is 1. The topological polar surface area (TPSA) is 57.5 Å². The molecule has 0 amide bonds. The van der Waals surface area contributed by atoms with Crippen molar-refractivity contribution in [1.82, 2.24) is 0 Å². The van der Waals surface area contributed by atoms with Crippen molar-refractivity contribution in [2.45, 2.75) is 44.6 Å². The number of carboxylic acids is 1. The van der Waals surface area contributed by atoms with E-state index in [9.17, 15) is 9.90 Å². The summed E-state index contributed by atoms with van der Waals surface area (Å²) < 4.78 is 0. The highest BCUT2D eigenvalue weighted by Gasteiger charge is 2.14. The summed E-state index contributed by atoms with van der Waals surface area (Å²) in [6, 6.07) is 6.14. The van der Waals surface area contributed by atoms with Gasteiger partial charge in [-0.2, -0.15) is 0 Å². The fourth-order valence-electron chi connectivity index (χ4n) is 2.41. The van der Waals surface area contributed by atoms with Gasteiger partial charge in [0, 0.05) is 6.42 Å². The van der Waals surface area contributed by atoms with Crippen LogP contribution in [-0.4, -0.2) is 16.2 Å². The Labute approximate surface area is 101 Å². The van der Waals surface area contributed by atoms with Gasteiger partial charge in [0.15, 0.2) is 0 Å². The van der Waals surface area contributed by atoms with Crippen LogP contribution >= 0.6 is 0 Å². The summed E-state index contributed by atoms with van der Waals surface area (Å²) in [5.74, 6) is -0.800. The molecule has 1 aliphatic carbocycles. The Kier molecular flexibility index (Phi) is 3.79. The molecule has 3 nitrogen and oxygen atoms in total. The van der Waals surface area contributed by atoms with Crippen LogP contribution in [-0.2, 0) is 17.6 Å². The lowest BCUT2D eigenvalue weighted by Crippen LogP contribution is -2.01. The molecule has 2 N–H and O–H groups in total. The summed E-state index contributed by atoms with van der Waals surface area (Å²) >= 11 is 0. The molecular weight excluding hydrogens is 216 g/mol. The van der Waals surface area contributed by atoms with Gasteiger partial charge < -0.3 is 10.2 Å². The van der Waals surface area contributed by atoms with Crippen molar-refractivity contribution in [2.75, 3.05) is 0 Å². The molecule has 2 rings (SSSR count). The van der Waals surface area contributed by atoms with Crippen LogP contribution in [0, 0.1) is 0 Å². The van der Waals surface area contributed by atoms with E-state index in [0.717, 1.165) is 18.4 Å². The molecule has 17 heavy (non-hydrogen) atoms. The highest BCUT2D eigenvalue weighted by Crippen LogP contribution is 2.27. The van der Waals surface area contributed by atoms with Gasteiger partial charge in [-0.15, -0.1) is 0 Å². The first-order valence-corrected chi connectivity index (χ1v) is 6.18. The smallest absolute Gasteiger partial charge is 0.303 e. The van der Waals surface area contributed by atoms with E-state index >= 15 is 0 Å². The van der Waals surface area contributed by atoms with Gasteiger partial charge >= 0.3 is 5.97 Å². The molecule has 0 radical (unpaired) electrons. The van der Waals surface area contributed by atoms with Crippen LogP contribution in [0.4, 0.5) is 0 Å². The Hall–Kier alpha value is -1.35. The van der Waals surface area contributed by atoms with Crippen molar-refractivity contribution in [2.24, 2.45) is 0 Å². The Bertz CT molecular complexity index is 412. The molecule has 0 bridgehead atoms. The molecule has 1 aromatic rings. The van der Waals surface area contributed by atoms with Gasteiger partial charge in [-0.3, -0.25) is 4.79 Å². The minimum atomic E-state index is -0.800. The van der Waals surface area contributed by atoms with Crippen molar-refractivity contribution in [3.63, 3.8) is 0 Å². The van der Waals surface area contributed by atoms with E-state index in [1.165, 1.54) is 17.5 Å². The fourth-order valence-corrected chi connectivity index (χ4v) is 2.41. The second-order valence-electron chi connectivity index (χ2n) is 4.68. The molecule has 0 aromatic heterocycles. The van der Waals surface area contributed by atoms with Crippen LogP contribution in [0.3, 0.4) is 0 Å². The van der Waals surface area contributed by atoms with Gasteiger partial charge in [-0.1, -0.05) is 18.2 Å². The van der Waals surface area contributed by atoms with Gasteiger partial charge in [0.2, 0.25) is 0 Å². The zero-order valence-electron chi connectivity index (χ0n) is 9.85. The summed E-state index contributed by atoms with van der Waals surface area (Å²) in [4.78, 5) is 10.4. The van der Waals surface area contributed by atoms with Crippen LogP contribution in [0.1, 0.15) is 48.5 Å². The summed E-state index contributed by atoms with van der Waals surface area (Å²) in [5, 5.41) is 18.5. The first-order valence-electron chi connectivity index (χ1n) is 6.18. The highest BCUT2D eigenvalue weighted by atomic mass is 16.4. The third-order valence-corrected chi connectivity index (χ3v) is 3.38. The van der Waals surface area contributed by atoms with Crippen molar-refractivity contribution in [1.29, 1.82) is 0 Å². The number of rotatable bonds is 5. The van der Waals surface area contributed by atoms with Gasteiger partial charge in [-0.25, -0.2) is 0 Å². The molecule has 1 aliphatic rings. The van der Waals surface area contributed by atoms with Crippen molar-refractivity contribution in [3.8, 4) is 0 Å². The number of aliphatic hydroxyl groups excluding tert-OH is 1. The normalized spacial score (nSPS) is 15.6. The van der Waals surface area contributed by atoms with Gasteiger partial charge in [0.05, 0.1) is 6.10 Å². The lowest BCUT2D eigenvalue weighted by atomic mass is 9.99. The molecule has 0 aliphatic heterocycles. The second-order valence-corrected chi connectivity index (χ2v) is 4.68. The minimum Gasteiger partial charge on any atom is -0.481 e. The summed E-state index contributed by atoms with van der Waals surface area (Å²) in [7, 11) is 0. The predicted molar refractivity (Wildman–Crippen MR) is 64.9 cm³/mol. The average molecular weight is 234 g/mol. The van der Waals surface area contributed by atoms with Crippen molar-refractivity contribution < 1.29 is 15.0 Å². The molecule has 3 heteroatoms. The summed E-state index contributed by atoms with van der Waals surface area (Å²) in [6.07, 6.45) is 4.09. The minimum absolute atomic E-state index is 0.127. The average Bonchev–Trinajstić information content (AvgIpc) is 2.75. The van der Waals surface area contributed by atoms with Crippen LogP contribution < -0.4 is 0 Å². The molecule has 1 unspecified atom stereocenters. The van der Waals surface area contributed by atoms with Crippen LogP contribution in [0.25, 0.3) is 0 Å². The Morgan fingerprint density at radius 3 is 2.82 bits per heavy atom. The third kappa shape index (κ3) is 3.07. The molecule has 1 atom stereocenters. The van der Waals surface area contributed by atoms with Crippen LogP contribution in [0.15, 0.2) is 18.2 Å². The Morgan fingerprint density at radius 1 is 1.29 bits per heavy atom. The maximum Gasteiger partial charge on any atom is 0.303 e. The first kappa shape index (κ1) is 12.1. The molecule has 1 aromatic carbocycles. The largest absolute Gasteiger partial charge is 0.481 e. The standard InChI is InChI=1S/C14H18O3/c15-13(5-2-6-14(16)17)12-8-7-10-3-1-4-11(10)9-12/h7-9,13,15H,1-6H2,(H,16,17). The van der Waals surface area contributed by atoms with Crippen molar-refractivity contribution in [3.05, 3.63) is 34.9 Å². The van der Waals surface area contributed by atoms with E-state index in [-0.39, 0.29) is 6.42 Å². The van der Waals surface area contributed by atoms with Crippen molar-refractivity contribution >= 4 is 5.97 Å². The number of fused-ring (bicyclic) bond motifs is 1. The van der Waals surface area contributed by atoms with Crippen LogP contribution in [0.2, 0.25) is 0 Å². The summed E-state index contributed by atoms with van der Waals surface area (Å²) in [5.41, 5.74) is 3.67. The van der Waals surface area contributed by atoms with Gasteiger partial charge in [-0.05, 0) is 48.8 Å². The number of benzene rings is 1. The van der Waals surface area contributed by atoms with E-state index in [2.05, 4.69) is 12.1 Å². The Morgan fingerprint density at radius 2 is 2.06 bits per heavy atom. The number of carboxylic acid groups (broad SMARTS) is 1. The number of hydrogen-bond donors (Lipinski definition) is 2. The number of aryl methyl sites for hydroxylation is 2. The summed E-state index contributed by atoms with van der Waals surface area (Å²) in [6.45, 7) is 0. The molecule has 0 saturated heterocycles. The molecule has 0 heterocycles. The Balaban J connectivity index is 1.95. The lowest BCUT2D eigenvalue weighted by molar-refractivity contribution is -0.137. The lowest BCUT2D eigenvalue weighted by Gasteiger charge is -2.11. The van der Waals surface area contributed by atoms with E-state index < -0.39 is 12.1 Å². The highest BCUT2D eigenvalue weighted by molar-refractivity contribution is 5.66. The van der Waals surface area contributed by atoms with E-state index in [0.29, 0.717) is 12.8 Å². The van der Waals surface area contributed by atoms with Crippen LogP contribution in [0.5, 0.6) is 0 Å².